The number of nitrogens with one attached hydrogen (secondary N) is 1. The molecule has 1 aliphatic heterocycles. The van der Waals surface area contributed by atoms with Crippen molar-refractivity contribution in [2.45, 2.75) is 12.5 Å². The van der Waals surface area contributed by atoms with Crippen LogP contribution in [0.3, 0.4) is 0 Å². The summed E-state index contributed by atoms with van der Waals surface area (Å²) in [5.41, 5.74) is 1.07. The standard InChI is InChI=1S/C20H21NO7/c1-24-15-6-4-12(8-17(15)25-2)14(10-19(22)26-3)21-20(23)13-5-7-16-18(9-13)28-11-27-16/h4-9,14H,10-11H2,1-3H3,(H,21,23)/t14-/m0/s1. The lowest BCUT2D eigenvalue weighted by atomic mass is 10.0. The minimum Gasteiger partial charge on any atom is -0.493 e. The highest BCUT2D eigenvalue weighted by atomic mass is 16.7. The van der Waals surface area contributed by atoms with Crippen molar-refractivity contribution in [3.05, 3.63) is 47.5 Å². The molecule has 2 aromatic rings. The van der Waals surface area contributed by atoms with Crippen LogP contribution in [0, 0.1) is 0 Å². The van der Waals surface area contributed by atoms with Crippen LogP contribution in [-0.4, -0.2) is 40.0 Å². The molecule has 1 atom stereocenters. The Labute approximate surface area is 162 Å². The summed E-state index contributed by atoms with van der Waals surface area (Å²) in [6.07, 6.45) is -0.0394. The van der Waals surface area contributed by atoms with Crippen LogP contribution in [0.2, 0.25) is 0 Å². The van der Waals surface area contributed by atoms with Gasteiger partial charge in [-0.25, -0.2) is 0 Å². The van der Waals surface area contributed by atoms with Crippen molar-refractivity contribution in [2.24, 2.45) is 0 Å². The molecule has 1 amide bonds. The monoisotopic (exact) mass is 387 g/mol. The number of benzene rings is 2. The van der Waals surface area contributed by atoms with Crippen LogP contribution in [0.15, 0.2) is 36.4 Å². The Balaban J connectivity index is 1.85. The van der Waals surface area contributed by atoms with E-state index in [1.165, 1.54) is 21.3 Å². The molecule has 0 radical (unpaired) electrons. The Morgan fingerprint density at radius 2 is 1.75 bits per heavy atom. The van der Waals surface area contributed by atoms with Crippen LogP contribution in [0.4, 0.5) is 0 Å². The van der Waals surface area contributed by atoms with Gasteiger partial charge in [0.15, 0.2) is 23.0 Å². The molecule has 1 N–H and O–H groups in total. The molecule has 0 aliphatic carbocycles. The maximum absolute atomic E-state index is 12.8. The summed E-state index contributed by atoms with van der Waals surface area (Å²) in [4.78, 5) is 24.6. The van der Waals surface area contributed by atoms with E-state index >= 15 is 0 Å². The third-order valence-corrected chi connectivity index (χ3v) is 4.35. The number of hydrogen-bond donors (Lipinski definition) is 1. The van der Waals surface area contributed by atoms with Crippen molar-refractivity contribution in [3.8, 4) is 23.0 Å². The summed E-state index contributed by atoms with van der Waals surface area (Å²) in [5, 5.41) is 2.86. The zero-order chi connectivity index (χ0) is 20.1. The van der Waals surface area contributed by atoms with Crippen molar-refractivity contribution in [1.29, 1.82) is 0 Å². The Morgan fingerprint density at radius 3 is 2.46 bits per heavy atom. The SMILES string of the molecule is COC(=O)C[C@H](NC(=O)c1ccc2c(c1)OCO2)c1ccc(OC)c(OC)c1. The maximum Gasteiger partial charge on any atom is 0.307 e. The van der Waals surface area contributed by atoms with Gasteiger partial charge in [-0.05, 0) is 35.9 Å². The molecule has 3 rings (SSSR count). The summed E-state index contributed by atoms with van der Waals surface area (Å²) < 4.78 is 25.9. The number of carbonyl (C=O) groups excluding carboxylic acids is 2. The van der Waals surface area contributed by atoms with Crippen LogP contribution in [0.5, 0.6) is 23.0 Å². The van der Waals surface area contributed by atoms with Gasteiger partial charge in [-0.15, -0.1) is 0 Å². The molecule has 0 aromatic heterocycles. The molecule has 0 bridgehead atoms. The number of ether oxygens (including phenoxy) is 5. The van der Waals surface area contributed by atoms with Gasteiger partial charge in [-0.2, -0.15) is 0 Å². The average molecular weight is 387 g/mol. The van der Waals surface area contributed by atoms with Gasteiger partial charge in [0.2, 0.25) is 6.79 Å². The van der Waals surface area contributed by atoms with Crippen LogP contribution >= 0.6 is 0 Å². The fourth-order valence-corrected chi connectivity index (χ4v) is 2.85. The number of esters is 1. The zero-order valence-electron chi connectivity index (χ0n) is 15.8. The van der Waals surface area contributed by atoms with Crippen molar-refractivity contribution < 1.29 is 33.3 Å². The molecule has 0 unspecified atom stereocenters. The number of hydrogen-bond acceptors (Lipinski definition) is 7. The van der Waals surface area contributed by atoms with Gasteiger partial charge in [0, 0.05) is 5.56 Å². The Bertz CT molecular complexity index is 881. The van der Waals surface area contributed by atoms with E-state index in [4.69, 9.17) is 23.7 Å². The third-order valence-electron chi connectivity index (χ3n) is 4.35. The minimum absolute atomic E-state index is 0.0394. The van der Waals surface area contributed by atoms with Crippen molar-refractivity contribution in [1.82, 2.24) is 5.32 Å². The number of methoxy groups -OCH3 is 3. The fraction of sp³-hybridized carbons (Fsp3) is 0.300. The van der Waals surface area contributed by atoms with Gasteiger partial charge < -0.3 is 29.0 Å². The summed E-state index contributed by atoms with van der Waals surface area (Å²) in [6.45, 7) is 0.122. The molecule has 2 aromatic carbocycles. The van der Waals surface area contributed by atoms with E-state index in [1.807, 2.05) is 0 Å². The van der Waals surface area contributed by atoms with Crippen molar-refractivity contribution in [3.63, 3.8) is 0 Å². The molecule has 1 heterocycles. The summed E-state index contributed by atoms with van der Waals surface area (Å²) in [6, 6.07) is 9.47. The second-order valence-corrected chi connectivity index (χ2v) is 5.99. The third kappa shape index (κ3) is 4.11. The van der Waals surface area contributed by atoms with E-state index < -0.39 is 12.0 Å². The zero-order valence-corrected chi connectivity index (χ0v) is 15.8. The number of fused-ring (bicyclic) bond motifs is 1. The van der Waals surface area contributed by atoms with Gasteiger partial charge in [-0.3, -0.25) is 9.59 Å². The number of amides is 1. The fourth-order valence-electron chi connectivity index (χ4n) is 2.85. The summed E-state index contributed by atoms with van der Waals surface area (Å²) >= 11 is 0. The molecule has 28 heavy (non-hydrogen) atoms. The van der Waals surface area contributed by atoms with Crippen LogP contribution in [0.25, 0.3) is 0 Å². The predicted octanol–water partition coefficient (Wildman–Crippen LogP) is 2.47. The molecular formula is C20H21NO7. The smallest absolute Gasteiger partial charge is 0.307 e. The molecule has 1 aliphatic rings. The lowest BCUT2D eigenvalue weighted by Gasteiger charge is -2.20. The lowest BCUT2D eigenvalue weighted by Crippen LogP contribution is -2.30. The second kappa shape index (κ2) is 8.51. The molecule has 0 saturated carbocycles. The first kappa shape index (κ1) is 19.3. The molecule has 8 heteroatoms. The van der Waals surface area contributed by atoms with Crippen LogP contribution in [-0.2, 0) is 9.53 Å². The Hall–Kier alpha value is -3.42. The average Bonchev–Trinajstić information content (AvgIpc) is 3.20. The minimum atomic E-state index is -0.620. The predicted molar refractivity (Wildman–Crippen MR) is 99.0 cm³/mol. The van der Waals surface area contributed by atoms with Crippen molar-refractivity contribution in [2.75, 3.05) is 28.1 Å². The highest BCUT2D eigenvalue weighted by molar-refractivity contribution is 5.95. The Morgan fingerprint density at radius 1 is 1.00 bits per heavy atom. The van der Waals surface area contributed by atoms with Crippen LogP contribution in [0.1, 0.15) is 28.4 Å². The van der Waals surface area contributed by atoms with Gasteiger partial charge in [0.05, 0.1) is 33.8 Å². The highest BCUT2D eigenvalue weighted by Crippen LogP contribution is 2.33. The molecule has 0 saturated heterocycles. The lowest BCUT2D eigenvalue weighted by molar-refractivity contribution is -0.141. The first-order valence-electron chi connectivity index (χ1n) is 8.55. The normalized spacial score (nSPS) is 12.8. The van der Waals surface area contributed by atoms with Gasteiger partial charge in [-0.1, -0.05) is 6.07 Å². The first-order chi connectivity index (χ1) is 13.5. The van der Waals surface area contributed by atoms with Crippen molar-refractivity contribution >= 4 is 11.9 Å². The topological polar surface area (TPSA) is 92.3 Å². The van der Waals surface area contributed by atoms with Gasteiger partial charge >= 0.3 is 5.97 Å². The maximum atomic E-state index is 12.8. The quantitative estimate of drug-likeness (QED) is 0.730. The largest absolute Gasteiger partial charge is 0.493 e. The van der Waals surface area contributed by atoms with E-state index in [1.54, 1.807) is 36.4 Å². The molecule has 148 valence electrons. The van der Waals surface area contributed by atoms with E-state index in [-0.39, 0.29) is 19.1 Å². The highest BCUT2D eigenvalue weighted by Gasteiger charge is 2.23. The van der Waals surface area contributed by atoms with E-state index in [2.05, 4.69) is 5.32 Å². The summed E-state index contributed by atoms with van der Waals surface area (Å²) in [5.74, 6) is 1.32. The summed E-state index contributed by atoms with van der Waals surface area (Å²) in [7, 11) is 4.35. The molecule has 0 spiro atoms. The first-order valence-corrected chi connectivity index (χ1v) is 8.55. The van der Waals surface area contributed by atoms with Crippen LogP contribution < -0.4 is 24.3 Å². The van der Waals surface area contributed by atoms with E-state index in [0.29, 0.717) is 34.1 Å². The number of rotatable bonds is 7. The molecular weight excluding hydrogens is 366 g/mol. The van der Waals surface area contributed by atoms with Gasteiger partial charge in [0.1, 0.15) is 0 Å². The van der Waals surface area contributed by atoms with Gasteiger partial charge in [0.25, 0.3) is 5.91 Å². The Kier molecular flexibility index (Phi) is 5.88. The molecule has 8 nitrogen and oxygen atoms in total. The van der Waals surface area contributed by atoms with E-state index in [0.717, 1.165) is 0 Å². The molecule has 0 fully saturated rings. The van der Waals surface area contributed by atoms with E-state index in [9.17, 15) is 9.59 Å². The number of carbonyl (C=O) groups is 2. The second-order valence-electron chi connectivity index (χ2n) is 5.99.